The SMILES string of the molecule is OCC#Cc1ccsc1CN1CCCCC1CO. The monoisotopic (exact) mass is 265 g/mol. The first-order chi connectivity index (χ1) is 8.85. The molecule has 4 heteroatoms. The first kappa shape index (κ1) is 13.6. The van der Waals surface area contributed by atoms with E-state index in [1.54, 1.807) is 11.3 Å². The first-order valence-electron chi connectivity index (χ1n) is 6.36. The molecule has 98 valence electrons. The molecule has 2 rings (SSSR count). The van der Waals surface area contributed by atoms with Crippen LogP contribution in [0, 0.1) is 11.8 Å². The highest BCUT2D eigenvalue weighted by molar-refractivity contribution is 7.10. The molecule has 2 heterocycles. The van der Waals surface area contributed by atoms with Crippen molar-refractivity contribution in [1.29, 1.82) is 0 Å². The van der Waals surface area contributed by atoms with Gasteiger partial charge in [0.2, 0.25) is 0 Å². The summed E-state index contributed by atoms with van der Waals surface area (Å²) < 4.78 is 0. The molecule has 18 heavy (non-hydrogen) atoms. The molecule has 0 aromatic carbocycles. The highest BCUT2D eigenvalue weighted by Gasteiger charge is 2.22. The number of thiophene rings is 1. The Balaban J connectivity index is 2.06. The van der Waals surface area contributed by atoms with Gasteiger partial charge >= 0.3 is 0 Å². The van der Waals surface area contributed by atoms with Gasteiger partial charge in [-0.25, -0.2) is 0 Å². The van der Waals surface area contributed by atoms with Crippen molar-refractivity contribution in [3.63, 3.8) is 0 Å². The molecule has 0 spiro atoms. The van der Waals surface area contributed by atoms with Crippen LogP contribution < -0.4 is 0 Å². The fraction of sp³-hybridized carbons (Fsp3) is 0.571. The molecule has 2 N–H and O–H groups in total. The molecule has 0 amide bonds. The maximum atomic E-state index is 9.40. The van der Waals surface area contributed by atoms with E-state index >= 15 is 0 Å². The Morgan fingerprint density at radius 2 is 2.28 bits per heavy atom. The van der Waals surface area contributed by atoms with Gasteiger partial charge in [-0.3, -0.25) is 4.90 Å². The van der Waals surface area contributed by atoms with Crippen molar-refractivity contribution in [3.8, 4) is 11.8 Å². The molecule has 3 nitrogen and oxygen atoms in total. The lowest BCUT2D eigenvalue weighted by atomic mass is 10.0. The van der Waals surface area contributed by atoms with Crippen LogP contribution in [-0.2, 0) is 6.54 Å². The number of hydrogen-bond donors (Lipinski definition) is 2. The van der Waals surface area contributed by atoms with Crippen LogP contribution in [0.2, 0.25) is 0 Å². The number of hydrogen-bond acceptors (Lipinski definition) is 4. The van der Waals surface area contributed by atoms with Crippen molar-refractivity contribution in [2.45, 2.75) is 31.8 Å². The zero-order chi connectivity index (χ0) is 12.8. The van der Waals surface area contributed by atoms with E-state index in [4.69, 9.17) is 5.11 Å². The van der Waals surface area contributed by atoms with E-state index in [9.17, 15) is 5.11 Å². The zero-order valence-electron chi connectivity index (χ0n) is 10.4. The van der Waals surface area contributed by atoms with Crippen molar-refractivity contribution in [1.82, 2.24) is 4.90 Å². The Bertz CT molecular complexity index is 432. The maximum Gasteiger partial charge on any atom is 0.104 e. The van der Waals surface area contributed by atoms with Crippen molar-refractivity contribution >= 4 is 11.3 Å². The average molecular weight is 265 g/mol. The Kier molecular flexibility index (Phi) is 5.21. The van der Waals surface area contributed by atoms with E-state index < -0.39 is 0 Å². The Hall–Kier alpha value is -0.860. The number of aliphatic hydroxyl groups is 2. The lowest BCUT2D eigenvalue weighted by Gasteiger charge is -2.34. The molecule has 0 aliphatic carbocycles. The van der Waals surface area contributed by atoms with E-state index in [0.29, 0.717) is 6.04 Å². The minimum atomic E-state index is -0.0989. The summed E-state index contributed by atoms with van der Waals surface area (Å²) >= 11 is 1.70. The second-order valence-electron chi connectivity index (χ2n) is 4.52. The number of rotatable bonds is 3. The summed E-state index contributed by atoms with van der Waals surface area (Å²) in [5, 5.41) is 20.2. The molecule has 0 saturated carbocycles. The van der Waals surface area contributed by atoms with Gasteiger partial charge in [-0.15, -0.1) is 11.3 Å². The Labute approximate surface area is 112 Å². The second-order valence-corrected chi connectivity index (χ2v) is 5.52. The lowest BCUT2D eigenvalue weighted by molar-refractivity contribution is 0.0849. The highest BCUT2D eigenvalue weighted by Crippen LogP contribution is 2.23. The van der Waals surface area contributed by atoms with Crippen LogP contribution in [0.5, 0.6) is 0 Å². The third-order valence-electron chi connectivity index (χ3n) is 3.35. The predicted molar refractivity (Wildman–Crippen MR) is 73.4 cm³/mol. The van der Waals surface area contributed by atoms with Gasteiger partial charge in [0.1, 0.15) is 6.61 Å². The Morgan fingerprint density at radius 3 is 3.06 bits per heavy atom. The topological polar surface area (TPSA) is 43.7 Å². The average Bonchev–Trinajstić information content (AvgIpc) is 2.84. The smallest absolute Gasteiger partial charge is 0.104 e. The van der Waals surface area contributed by atoms with Crippen molar-refractivity contribution < 1.29 is 10.2 Å². The predicted octanol–water partition coefficient (Wildman–Crippen LogP) is 1.44. The molecule has 1 saturated heterocycles. The first-order valence-corrected chi connectivity index (χ1v) is 7.24. The molecule has 1 unspecified atom stereocenters. The number of nitrogens with zero attached hydrogens (tertiary/aromatic N) is 1. The van der Waals surface area contributed by atoms with Crippen LogP contribution in [0.4, 0.5) is 0 Å². The summed E-state index contributed by atoms with van der Waals surface area (Å²) in [4.78, 5) is 3.58. The fourth-order valence-corrected chi connectivity index (χ4v) is 3.22. The molecule has 0 bridgehead atoms. The lowest BCUT2D eigenvalue weighted by Crippen LogP contribution is -2.41. The van der Waals surface area contributed by atoms with Crippen LogP contribution in [0.15, 0.2) is 11.4 Å². The molecular weight excluding hydrogens is 246 g/mol. The summed E-state index contributed by atoms with van der Waals surface area (Å²) in [6, 6.07) is 2.29. The zero-order valence-corrected chi connectivity index (χ0v) is 11.2. The maximum absolute atomic E-state index is 9.40. The summed E-state index contributed by atoms with van der Waals surface area (Å²) in [6.07, 6.45) is 3.50. The normalized spacial score (nSPS) is 20.4. The van der Waals surface area contributed by atoms with Crippen molar-refractivity contribution in [2.24, 2.45) is 0 Å². The van der Waals surface area contributed by atoms with Gasteiger partial charge in [-0.05, 0) is 30.8 Å². The Morgan fingerprint density at radius 1 is 1.39 bits per heavy atom. The minimum absolute atomic E-state index is 0.0989. The van der Waals surface area contributed by atoms with E-state index in [-0.39, 0.29) is 13.2 Å². The van der Waals surface area contributed by atoms with Crippen LogP contribution in [0.25, 0.3) is 0 Å². The number of piperidine rings is 1. The standard InChI is InChI=1S/C14H19NO2S/c16-8-3-4-12-6-9-18-14(12)10-15-7-2-1-5-13(15)11-17/h6,9,13,16-17H,1-2,5,7-8,10-11H2. The summed E-state index contributed by atoms with van der Waals surface area (Å²) in [6.45, 7) is 2.05. The van der Waals surface area contributed by atoms with Crippen molar-refractivity contribution in [2.75, 3.05) is 19.8 Å². The van der Waals surface area contributed by atoms with E-state index in [0.717, 1.165) is 25.1 Å². The van der Waals surface area contributed by atoms with E-state index in [1.165, 1.54) is 17.7 Å². The third-order valence-corrected chi connectivity index (χ3v) is 4.26. The van der Waals surface area contributed by atoms with Crippen LogP contribution in [-0.4, -0.2) is 40.9 Å². The summed E-state index contributed by atoms with van der Waals surface area (Å²) in [5.74, 6) is 5.68. The summed E-state index contributed by atoms with van der Waals surface area (Å²) in [5.41, 5.74) is 1.01. The van der Waals surface area contributed by atoms with Crippen LogP contribution in [0.3, 0.4) is 0 Å². The third kappa shape index (κ3) is 3.33. The summed E-state index contributed by atoms with van der Waals surface area (Å²) in [7, 11) is 0. The van der Waals surface area contributed by atoms with Crippen molar-refractivity contribution in [3.05, 3.63) is 21.9 Å². The van der Waals surface area contributed by atoms with Gasteiger partial charge < -0.3 is 10.2 Å². The second kappa shape index (κ2) is 6.91. The van der Waals surface area contributed by atoms with E-state index in [1.807, 2.05) is 11.4 Å². The minimum Gasteiger partial charge on any atom is -0.395 e. The van der Waals surface area contributed by atoms with Gasteiger partial charge in [0.25, 0.3) is 0 Å². The fourth-order valence-electron chi connectivity index (χ4n) is 2.37. The molecule has 0 radical (unpaired) electrons. The van der Waals surface area contributed by atoms with E-state index in [2.05, 4.69) is 16.7 Å². The quantitative estimate of drug-likeness (QED) is 0.813. The number of likely N-dealkylation sites (tertiary alicyclic amines) is 1. The molecule has 1 aromatic rings. The largest absolute Gasteiger partial charge is 0.395 e. The highest BCUT2D eigenvalue weighted by atomic mass is 32.1. The molecule has 1 fully saturated rings. The molecular formula is C14H19NO2S. The van der Waals surface area contributed by atoms with Crippen LogP contribution >= 0.6 is 11.3 Å². The molecule has 1 aliphatic heterocycles. The van der Waals surface area contributed by atoms with Gasteiger partial charge in [0, 0.05) is 23.0 Å². The number of aliphatic hydroxyl groups excluding tert-OH is 2. The molecule has 1 aliphatic rings. The molecule has 1 atom stereocenters. The van der Waals surface area contributed by atoms with Gasteiger partial charge in [0.15, 0.2) is 0 Å². The van der Waals surface area contributed by atoms with Crippen LogP contribution in [0.1, 0.15) is 29.7 Å². The van der Waals surface area contributed by atoms with Gasteiger partial charge in [0.05, 0.1) is 6.61 Å². The van der Waals surface area contributed by atoms with Gasteiger partial charge in [-0.2, -0.15) is 0 Å². The van der Waals surface area contributed by atoms with Gasteiger partial charge in [-0.1, -0.05) is 18.3 Å². The molecule has 1 aromatic heterocycles.